The van der Waals surface area contributed by atoms with Gasteiger partial charge in [0, 0.05) is 5.69 Å². The van der Waals surface area contributed by atoms with Crippen LogP contribution in [0.2, 0.25) is 0 Å². The third kappa shape index (κ3) is 3.62. The average Bonchev–Trinajstić information content (AvgIpc) is 2.77. The van der Waals surface area contributed by atoms with Crippen LogP contribution in [0.5, 0.6) is 5.75 Å². The van der Waals surface area contributed by atoms with Gasteiger partial charge in [0.15, 0.2) is 0 Å². The quantitative estimate of drug-likeness (QED) is 0.938. The Hall–Kier alpha value is -2.30. The van der Waals surface area contributed by atoms with Crippen molar-refractivity contribution in [3.05, 3.63) is 47.5 Å². The van der Waals surface area contributed by atoms with Crippen LogP contribution in [0, 0.1) is 13.8 Å². The minimum Gasteiger partial charge on any atom is -0.410 e. The maximum Gasteiger partial charge on any atom is 0.414 e. The molecule has 5 heteroatoms. The van der Waals surface area contributed by atoms with E-state index in [1.54, 1.807) is 6.33 Å². The van der Waals surface area contributed by atoms with Crippen LogP contribution in [0.15, 0.2) is 30.6 Å². The van der Waals surface area contributed by atoms with Crippen LogP contribution in [-0.4, -0.2) is 15.6 Å². The number of benzene rings is 1. The number of aromatic nitrogens is 2. The van der Waals surface area contributed by atoms with Gasteiger partial charge in [-0.1, -0.05) is 32.0 Å². The van der Waals surface area contributed by atoms with E-state index in [1.165, 1.54) is 0 Å². The number of carbonyl (C=O) groups excluding carboxylic acids is 1. The van der Waals surface area contributed by atoms with Crippen LogP contribution in [0.1, 0.15) is 36.7 Å². The summed E-state index contributed by atoms with van der Waals surface area (Å²) >= 11 is 0. The fourth-order valence-electron chi connectivity index (χ4n) is 2.04. The molecule has 1 heterocycles. The Morgan fingerprint density at radius 2 is 2.05 bits per heavy atom. The molecule has 0 saturated carbocycles. The Morgan fingerprint density at radius 1 is 1.33 bits per heavy atom. The lowest BCUT2D eigenvalue weighted by Gasteiger charge is -2.13. The summed E-state index contributed by atoms with van der Waals surface area (Å²) in [4.78, 5) is 16.1. The minimum atomic E-state index is -0.464. The number of hydrogen-bond acceptors (Lipinski definition) is 3. The molecule has 0 aliphatic heterocycles. The van der Waals surface area contributed by atoms with Gasteiger partial charge >= 0.3 is 6.09 Å². The van der Waals surface area contributed by atoms with Crippen molar-refractivity contribution in [3.63, 3.8) is 0 Å². The Kier molecular flexibility index (Phi) is 4.62. The molecule has 112 valence electrons. The maximum absolute atomic E-state index is 11.9. The maximum atomic E-state index is 11.9. The van der Waals surface area contributed by atoms with Crippen molar-refractivity contribution < 1.29 is 9.53 Å². The number of imidazole rings is 1. The Bertz CT molecular complexity index is 632. The SMILES string of the molecule is Cc1ncn(CNC(=O)Oc2ccccc2C(C)C)c1C. The van der Waals surface area contributed by atoms with E-state index >= 15 is 0 Å². The molecule has 1 aromatic carbocycles. The number of aryl methyl sites for hydroxylation is 1. The summed E-state index contributed by atoms with van der Waals surface area (Å²) in [6.45, 7) is 8.37. The highest BCUT2D eigenvalue weighted by molar-refractivity contribution is 5.70. The zero-order valence-corrected chi connectivity index (χ0v) is 12.9. The lowest BCUT2D eigenvalue weighted by molar-refractivity contribution is 0.197. The first-order valence-electron chi connectivity index (χ1n) is 7.02. The lowest BCUT2D eigenvalue weighted by atomic mass is 10.0. The van der Waals surface area contributed by atoms with Gasteiger partial charge in [0.1, 0.15) is 5.75 Å². The number of para-hydroxylation sites is 1. The van der Waals surface area contributed by atoms with Gasteiger partial charge in [-0.05, 0) is 31.4 Å². The summed E-state index contributed by atoms with van der Waals surface area (Å²) in [5, 5.41) is 2.73. The summed E-state index contributed by atoms with van der Waals surface area (Å²) in [5.74, 6) is 0.899. The summed E-state index contributed by atoms with van der Waals surface area (Å²) in [6.07, 6.45) is 1.24. The average molecular weight is 287 g/mol. The molecule has 0 unspecified atom stereocenters. The van der Waals surface area contributed by atoms with Gasteiger partial charge in [-0.25, -0.2) is 9.78 Å². The van der Waals surface area contributed by atoms with Crippen molar-refractivity contribution >= 4 is 6.09 Å². The molecule has 21 heavy (non-hydrogen) atoms. The highest BCUT2D eigenvalue weighted by Crippen LogP contribution is 2.25. The molecule has 0 atom stereocenters. The van der Waals surface area contributed by atoms with E-state index in [4.69, 9.17) is 4.74 Å². The first-order chi connectivity index (χ1) is 9.99. The van der Waals surface area contributed by atoms with Crippen LogP contribution >= 0.6 is 0 Å². The van der Waals surface area contributed by atoms with Crippen molar-refractivity contribution in [2.75, 3.05) is 0 Å². The van der Waals surface area contributed by atoms with E-state index in [0.717, 1.165) is 17.0 Å². The number of nitrogens with zero attached hydrogens (tertiary/aromatic N) is 2. The van der Waals surface area contributed by atoms with E-state index in [0.29, 0.717) is 18.3 Å². The van der Waals surface area contributed by atoms with Crippen LogP contribution in [0.3, 0.4) is 0 Å². The lowest BCUT2D eigenvalue weighted by Crippen LogP contribution is -2.29. The van der Waals surface area contributed by atoms with Crippen molar-refractivity contribution in [1.82, 2.24) is 14.9 Å². The van der Waals surface area contributed by atoms with E-state index < -0.39 is 6.09 Å². The van der Waals surface area contributed by atoms with Crippen LogP contribution < -0.4 is 10.1 Å². The van der Waals surface area contributed by atoms with Gasteiger partial charge in [0.25, 0.3) is 0 Å². The molecule has 5 nitrogen and oxygen atoms in total. The van der Waals surface area contributed by atoms with Gasteiger partial charge in [-0.15, -0.1) is 0 Å². The molecule has 0 bridgehead atoms. The van der Waals surface area contributed by atoms with Gasteiger partial charge in [-0.2, -0.15) is 0 Å². The van der Waals surface area contributed by atoms with Crippen molar-refractivity contribution in [2.45, 2.75) is 40.3 Å². The van der Waals surface area contributed by atoms with Gasteiger partial charge in [-0.3, -0.25) is 0 Å². The second-order valence-electron chi connectivity index (χ2n) is 5.30. The highest BCUT2D eigenvalue weighted by atomic mass is 16.6. The summed E-state index contributed by atoms with van der Waals surface area (Å²) in [5.41, 5.74) is 3.00. The smallest absolute Gasteiger partial charge is 0.410 e. The van der Waals surface area contributed by atoms with E-state index in [1.807, 2.05) is 42.7 Å². The second-order valence-corrected chi connectivity index (χ2v) is 5.30. The predicted molar refractivity (Wildman–Crippen MR) is 81.4 cm³/mol. The topological polar surface area (TPSA) is 56.2 Å². The minimum absolute atomic E-state index is 0.299. The summed E-state index contributed by atoms with van der Waals surface area (Å²) in [6, 6.07) is 7.58. The largest absolute Gasteiger partial charge is 0.414 e. The van der Waals surface area contributed by atoms with E-state index in [2.05, 4.69) is 24.1 Å². The van der Waals surface area contributed by atoms with Crippen LogP contribution in [0.25, 0.3) is 0 Å². The molecule has 2 aromatic rings. The first-order valence-corrected chi connectivity index (χ1v) is 7.02. The van der Waals surface area contributed by atoms with Crippen LogP contribution in [0.4, 0.5) is 4.79 Å². The zero-order chi connectivity index (χ0) is 15.4. The molecule has 0 saturated heterocycles. The third-order valence-electron chi connectivity index (χ3n) is 3.48. The van der Waals surface area contributed by atoms with Crippen molar-refractivity contribution in [3.8, 4) is 5.75 Å². The molecule has 1 aromatic heterocycles. The van der Waals surface area contributed by atoms with Crippen molar-refractivity contribution in [1.29, 1.82) is 0 Å². The summed E-state index contributed by atoms with van der Waals surface area (Å²) in [7, 11) is 0. The molecule has 1 N–H and O–H groups in total. The Balaban J connectivity index is 1.98. The fraction of sp³-hybridized carbons (Fsp3) is 0.375. The number of ether oxygens (including phenoxy) is 1. The Labute approximate surface area is 125 Å². The third-order valence-corrected chi connectivity index (χ3v) is 3.48. The zero-order valence-electron chi connectivity index (χ0n) is 12.9. The molecular weight excluding hydrogens is 266 g/mol. The monoisotopic (exact) mass is 287 g/mol. The molecule has 0 aliphatic rings. The molecule has 0 spiro atoms. The molecular formula is C16H21N3O2. The first kappa shape index (κ1) is 15.1. The molecule has 0 radical (unpaired) electrons. The van der Waals surface area contributed by atoms with E-state index in [9.17, 15) is 4.79 Å². The number of nitrogens with one attached hydrogen (secondary N) is 1. The molecule has 0 fully saturated rings. The van der Waals surface area contributed by atoms with E-state index in [-0.39, 0.29) is 0 Å². The Morgan fingerprint density at radius 3 is 2.67 bits per heavy atom. The van der Waals surface area contributed by atoms with Gasteiger partial charge in [0.05, 0.1) is 18.7 Å². The van der Waals surface area contributed by atoms with Gasteiger partial charge < -0.3 is 14.6 Å². The second kappa shape index (κ2) is 6.43. The number of carbonyl (C=O) groups is 1. The predicted octanol–water partition coefficient (Wildman–Crippen LogP) is 3.37. The highest BCUT2D eigenvalue weighted by Gasteiger charge is 2.11. The number of amides is 1. The normalized spacial score (nSPS) is 10.7. The summed E-state index contributed by atoms with van der Waals surface area (Å²) < 4.78 is 7.26. The number of rotatable bonds is 4. The standard InChI is InChI=1S/C16H21N3O2/c1-11(2)14-7-5-6-8-15(14)21-16(20)18-10-19-9-17-12(3)13(19)4/h5-9,11H,10H2,1-4H3,(H,18,20). The number of hydrogen-bond donors (Lipinski definition) is 1. The fourth-order valence-corrected chi connectivity index (χ4v) is 2.04. The molecule has 0 aliphatic carbocycles. The molecule has 2 rings (SSSR count). The van der Waals surface area contributed by atoms with Gasteiger partial charge in [0.2, 0.25) is 0 Å². The molecule has 1 amide bonds. The van der Waals surface area contributed by atoms with Crippen molar-refractivity contribution in [2.24, 2.45) is 0 Å². The van der Waals surface area contributed by atoms with Crippen LogP contribution in [-0.2, 0) is 6.67 Å².